The molecule has 7 heteroatoms. The molecule has 0 aliphatic rings. The Labute approximate surface area is 179 Å². The van der Waals surface area contributed by atoms with Crippen molar-refractivity contribution in [1.82, 2.24) is 13.9 Å². The number of hydrogen-bond acceptors (Lipinski definition) is 5. The molecule has 31 heavy (non-hydrogen) atoms. The van der Waals surface area contributed by atoms with Crippen LogP contribution in [0.3, 0.4) is 0 Å². The Balaban J connectivity index is 1.78. The molecule has 0 amide bonds. The number of methoxy groups -OCH3 is 1. The Morgan fingerprint density at radius 3 is 2.45 bits per heavy atom. The zero-order chi connectivity index (χ0) is 21.6. The first-order valence-corrected chi connectivity index (χ1v) is 11.1. The van der Waals surface area contributed by atoms with Crippen molar-refractivity contribution in [2.75, 3.05) is 7.11 Å². The van der Waals surface area contributed by atoms with Crippen LogP contribution in [-0.4, -0.2) is 29.5 Å². The third-order valence-electron chi connectivity index (χ3n) is 5.31. The van der Waals surface area contributed by atoms with Crippen LogP contribution in [0.5, 0.6) is 5.75 Å². The normalized spacial score (nSPS) is 11.8. The summed E-state index contributed by atoms with van der Waals surface area (Å²) in [5, 5.41) is 1.64. The van der Waals surface area contributed by atoms with Gasteiger partial charge in [0, 0.05) is 34.9 Å². The predicted octanol–water partition coefficient (Wildman–Crippen LogP) is 4.81. The Hall–Kier alpha value is -3.71. The zero-order valence-electron chi connectivity index (χ0n) is 17.0. The summed E-state index contributed by atoms with van der Waals surface area (Å²) in [5.41, 5.74) is 3.70. The molecule has 0 saturated heterocycles. The fraction of sp³-hybridized carbons (Fsp3) is 0.0833. The molecule has 6 nitrogen and oxygen atoms in total. The van der Waals surface area contributed by atoms with Crippen molar-refractivity contribution < 1.29 is 13.2 Å². The molecule has 0 radical (unpaired) electrons. The highest BCUT2D eigenvalue weighted by atomic mass is 32.2. The van der Waals surface area contributed by atoms with E-state index in [4.69, 9.17) is 4.74 Å². The van der Waals surface area contributed by atoms with Gasteiger partial charge in [-0.25, -0.2) is 17.4 Å². The van der Waals surface area contributed by atoms with E-state index in [1.54, 1.807) is 56.0 Å². The van der Waals surface area contributed by atoms with E-state index in [0.29, 0.717) is 11.4 Å². The lowest BCUT2D eigenvalue weighted by Crippen LogP contribution is -2.12. The summed E-state index contributed by atoms with van der Waals surface area (Å²) in [6.45, 7) is 1.92. The summed E-state index contributed by atoms with van der Waals surface area (Å²) in [4.78, 5) is 9.00. The van der Waals surface area contributed by atoms with Gasteiger partial charge in [0.15, 0.2) is 5.65 Å². The number of hydrogen-bond donors (Lipinski definition) is 0. The van der Waals surface area contributed by atoms with Crippen molar-refractivity contribution in [2.24, 2.45) is 0 Å². The van der Waals surface area contributed by atoms with Gasteiger partial charge in [0.05, 0.1) is 12.0 Å². The lowest BCUT2D eigenvalue weighted by atomic mass is 10.0. The van der Waals surface area contributed by atoms with Crippen LogP contribution in [0.4, 0.5) is 0 Å². The second-order valence-electron chi connectivity index (χ2n) is 7.28. The Kier molecular flexibility index (Phi) is 4.48. The van der Waals surface area contributed by atoms with Crippen molar-refractivity contribution in [3.63, 3.8) is 0 Å². The summed E-state index contributed by atoms with van der Waals surface area (Å²) in [6.07, 6.45) is 4.94. The van der Waals surface area contributed by atoms with Crippen LogP contribution in [0.1, 0.15) is 5.56 Å². The molecule has 0 unspecified atom stereocenters. The van der Waals surface area contributed by atoms with Crippen LogP contribution >= 0.6 is 0 Å². The van der Waals surface area contributed by atoms with Gasteiger partial charge in [-0.05, 0) is 55.0 Å². The van der Waals surface area contributed by atoms with E-state index in [1.807, 2.05) is 37.3 Å². The Morgan fingerprint density at radius 1 is 0.935 bits per heavy atom. The monoisotopic (exact) mass is 429 g/mol. The first-order valence-electron chi connectivity index (χ1n) is 9.70. The highest BCUT2D eigenvalue weighted by Crippen LogP contribution is 2.36. The second-order valence-corrected chi connectivity index (χ2v) is 9.10. The van der Waals surface area contributed by atoms with E-state index in [2.05, 4.69) is 9.97 Å². The first-order chi connectivity index (χ1) is 15.0. The summed E-state index contributed by atoms with van der Waals surface area (Å²) < 4.78 is 33.7. The number of pyridine rings is 2. The zero-order valence-corrected chi connectivity index (χ0v) is 17.8. The molecular weight excluding hydrogens is 410 g/mol. The fourth-order valence-electron chi connectivity index (χ4n) is 3.74. The van der Waals surface area contributed by atoms with Gasteiger partial charge in [-0.1, -0.05) is 23.8 Å². The van der Waals surface area contributed by atoms with Gasteiger partial charge in [0.1, 0.15) is 11.3 Å². The van der Waals surface area contributed by atoms with Crippen LogP contribution < -0.4 is 4.74 Å². The SMILES string of the molecule is COc1cc(-c2cn(S(=O)(=O)c3ccc(C)cc3)c3ncccc23)cc2cccnc12. The minimum absolute atomic E-state index is 0.215. The minimum atomic E-state index is -3.82. The highest BCUT2D eigenvalue weighted by molar-refractivity contribution is 7.90. The molecule has 0 saturated carbocycles. The average molecular weight is 430 g/mol. The maximum atomic E-state index is 13.4. The lowest BCUT2D eigenvalue weighted by molar-refractivity contribution is 0.419. The van der Waals surface area contributed by atoms with Crippen LogP contribution in [0.2, 0.25) is 0 Å². The van der Waals surface area contributed by atoms with Crippen molar-refractivity contribution in [3.05, 3.63) is 84.8 Å². The van der Waals surface area contributed by atoms with Crippen molar-refractivity contribution in [3.8, 4) is 16.9 Å². The number of aromatic nitrogens is 3. The molecule has 3 heterocycles. The van der Waals surface area contributed by atoms with Gasteiger partial charge in [0.2, 0.25) is 0 Å². The molecule has 0 N–H and O–H groups in total. The quantitative estimate of drug-likeness (QED) is 0.410. The van der Waals surface area contributed by atoms with Gasteiger partial charge in [-0.15, -0.1) is 0 Å². The molecule has 0 fully saturated rings. The van der Waals surface area contributed by atoms with Crippen LogP contribution in [0, 0.1) is 6.92 Å². The van der Waals surface area contributed by atoms with Gasteiger partial charge < -0.3 is 4.74 Å². The molecule has 0 atom stereocenters. The van der Waals surface area contributed by atoms with Gasteiger partial charge in [-0.3, -0.25) is 4.98 Å². The first kappa shape index (κ1) is 19.3. The van der Waals surface area contributed by atoms with E-state index in [9.17, 15) is 8.42 Å². The maximum Gasteiger partial charge on any atom is 0.269 e. The third kappa shape index (κ3) is 3.14. The molecule has 5 rings (SSSR count). The number of nitrogens with zero attached hydrogens (tertiary/aromatic N) is 3. The number of fused-ring (bicyclic) bond motifs is 2. The summed E-state index contributed by atoms with van der Waals surface area (Å²) >= 11 is 0. The van der Waals surface area contributed by atoms with Crippen molar-refractivity contribution in [1.29, 1.82) is 0 Å². The smallest absolute Gasteiger partial charge is 0.269 e. The van der Waals surface area contributed by atoms with Crippen LogP contribution in [0.15, 0.2) is 84.1 Å². The molecular formula is C24H19N3O3S. The van der Waals surface area contributed by atoms with E-state index in [-0.39, 0.29) is 4.90 Å². The van der Waals surface area contributed by atoms with Crippen LogP contribution in [0.25, 0.3) is 33.1 Å². The minimum Gasteiger partial charge on any atom is -0.494 e. The predicted molar refractivity (Wildman–Crippen MR) is 121 cm³/mol. The van der Waals surface area contributed by atoms with E-state index < -0.39 is 10.0 Å². The molecule has 3 aromatic heterocycles. The topological polar surface area (TPSA) is 74.1 Å². The number of rotatable bonds is 4. The fourth-order valence-corrected chi connectivity index (χ4v) is 5.06. The largest absolute Gasteiger partial charge is 0.494 e. The van der Waals surface area contributed by atoms with E-state index >= 15 is 0 Å². The Morgan fingerprint density at radius 2 is 1.68 bits per heavy atom. The highest BCUT2D eigenvalue weighted by Gasteiger charge is 2.23. The average Bonchev–Trinajstić information content (AvgIpc) is 3.19. The van der Waals surface area contributed by atoms with Gasteiger partial charge in [0.25, 0.3) is 10.0 Å². The molecule has 5 aromatic rings. The van der Waals surface area contributed by atoms with Crippen LogP contribution in [-0.2, 0) is 10.0 Å². The van der Waals surface area contributed by atoms with Crippen molar-refractivity contribution in [2.45, 2.75) is 11.8 Å². The van der Waals surface area contributed by atoms with E-state index in [0.717, 1.165) is 33.0 Å². The number of ether oxygens (including phenoxy) is 1. The lowest BCUT2D eigenvalue weighted by Gasteiger charge is -2.08. The third-order valence-corrected chi connectivity index (χ3v) is 6.97. The van der Waals surface area contributed by atoms with Gasteiger partial charge >= 0.3 is 0 Å². The second kappa shape index (κ2) is 7.21. The standard InChI is InChI=1S/C24H19N3O3S/c1-16-7-9-19(10-8-16)31(28,29)27-15-21(20-6-4-12-26-24(20)27)18-13-17-5-3-11-25-23(17)22(14-18)30-2/h3-15H,1-2H3. The molecule has 0 spiro atoms. The molecule has 2 aromatic carbocycles. The molecule has 0 bridgehead atoms. The maximum absolute atomic E-state index is 13.4. The molecule has 154 valence electrons. The van der Waals surface area contributed by atoms with Gasteiger partial charge in [-0.2, -0.15) is 0 Å². The summed E-state index contributed by atoms with van der Waals surface area (Å²) in [6, 6.07) is 18.1. The van der Waals surface area contributed by atoms with E-state index in [1.165, 1.54) is 3.97 Å². The Bertz CT molecular complexity index is 1540. The molecule has 0 aliphatic carbocycles. The summed E-state index contributed by atoms with van der Waals surface area (Å²) in [5.74, 6) is 0.624. The van der Waals surface area contributed by atoms with Crippen molar-refractivity contribution >= 4 is 32.0 Å². The molecule has 0 aliphatic heterocycles. The number of benzene rings is 2. The summed E-state index contributed by atoms with van der Waals surface area (Å²) in [7, 11) is -2.22. The number of aryl methyl sites for hydroxylation is 1.